The summed E-state index contributed by atoms with van der Waals surface area (Å²) in [5, 5.41) is 2.95. The van der Waals surface area contributed by atoms with Gasteiger partial charge in [-0.05, 0) is 44.7 Å². The number of nitrogens with one attached hydrogen (secondary N) is 1. The number of aromatic nitrogens is 2. The molecule has 3 heterocycles. The van der Waals surface area contributed by atoms with E-state index in [1.165, 1.54) is 6.33 Å². The molecule has 0 radical (unpaired) electrons. The van der Waals surface area contributed by atoms with Crippen molar-refractivity contribution in [3.63, 3.8) is 0 Å². The highest BCUT2D eigenvalue weighted by atomic mass is 32.1. The Balaban J connectivity index is 1.89. The van der Waals surface area contributed by atoms with Crippen LogP contribution < -0.4 is 10.9 Å². The van der Waals surface area contributed by atoms with Gasteiger partial charge < -0.3 is 19.5 Å². The highest BCUT2D eigenvalue weighted by molar-refractivity contribution is 7.20. The summed E-state index contributed by atoms with van der Waals surface area (Å²) in [4.78, 5) is 68.6. The van der Waals surface area contributed by atoms with Gasteiger partial charge >= 0.3 is 17.9 Å². The molecular weight excluding hydrogens is 534 g/mol. The number of ether oxygens (including phenoxy) is 3. The first-order chi connectivity index (χ1) is 18.0. The Kier molecular flexibility index (Phi) is 9.39. The number of fused-ring (bicyclic) bond motifs is 1. The van der Waals surface area contributed by atoms with Crippen LogP contribution in [0, 0.1) is 19.8 Å². The zero-order valence-corrected chi connectivity index (χ0v) is 23.6. The number of aryl methyl sites for hydroxylation is 1. The molecule has 3 aromatic heterocycles. The highest BCUT2D eigenvalue weighted by Crippen LogP contribution is 2.34. The fourth-order valence-electron chi connectivity index (χ4n) is 3.54. The Labute approximate surface area is 226 Å². The second kappa shape index (κ2) is 12.3. The van der Waals surface area contributed by atoms with Crippen LogP contribution >= 0.6 is 22.7 Å². The molecule has 0 unspecified atom stereocenters. The maximum Gasteiger partial charge on any atom is 0.348 e. The number of anilines is 1. The fraction of sp³-hybridized carbons (Fsp3) is 0.440. The maximum absolute atomic E-state index is 13.2. The SMILES string of the molecule is CCOC(=O)c1sc(NC(=O)Cn2cnc3sc(C(=O)OCC(C)C)c(C)c3c2=O)c(C(=O)OCC)c1C. The zero-order chi connectivity index (χ0) is 28.1. The van der Waals surface area contributed by atoms with Crippen LogP contribution in [0.5, 0.6) is 0 Å². The van der Waals surface area contributed by atoms with E-state index < -0.39 is 35.9 Å². The van der Waals surface area contributed by atoms with Crippen LogP contribution in [-0.4, -0.2) is 53.2 Å². The number of hydrogen-bond donors (Lipinski definition) is 1. The molecule has 1 N–H and O–H groups in total. The highest BCUT2D eigenvalue weighted by Gasteiger charge is 2.28. The number of thiophene rings is 2. The minimum absolute atomic E-state index is 0.0485. The summed E-state index contributed by atoms with van der Waals surface area (Å²) in [6.07, 6.45) is 1.22. The van der Waals surface area contributed by atoms with Crippen LogP contribution in [0.25, 0.3) is 10.2 Å². The summed E-state index contributed by atoms with van der Waals surface area (Å²) in [7, 11) is 0. The molecule has 3 rings (SSSR count). The van der Waals surface area contributed by atoms with E-state index in [9.17, 15) is 24.0 Å². The van der Waals surface area contributed by atoms with Crippen molar-refractivity contribution in [2.75, 3.05) is 25.1 Å². The van der Waals surface area contributed by atoms with Gasteiger partial charge in [0.1, 0.15) is 26.1 Å². The van der Waals surface area contributed by atoms with Crippen molar-refractivity contribution in [3.05, 3.63) is 43.1 Å². The molecule has 0 saturated carbocycles. The fourth-order valence-corrected chi connectivity index (χ4v) is 5.68. The number of carbonyl (C=O) groups excluding carboxylic acids is 4. The molecule has 13 heteroatoms. The molecule has 0 aliphatic rings. The van der Waals surface area contributed by atoms with E-state index in [1.807, 2.05) is 13.8 Å². The average molecular weight is 564 g/mol. The summed E-state index contributed by atoms with van der Waals surface area (Å²) in [6, 6.07) is 0. The van der Waals surface area contributed by atoms with Crippen LogP contribution in [0.3, 0.4) is 0 Å². The van der Waals surface area contributed by atoms with Crippen LogP contribution in [0.1, 0.15) is 68.5 Å². The lowest BCUT2D eigenvalue weighted by molar-refractivity contribution is -0.116. The molecule has 1 amide bonds. The third-order valence-electron chi connectivity index (χ3n) is 5.30. The van der Waals surface area contributed by atoms with Crippen LogP contribution in [0.15, 0.2) is 11.1 Å². The number of nitrogens with zero attached hydrogens (tertiary/aromatic N) is 2. The van der Waals surface area contributed by atoms with E-state index in [2.05, 4.69) is 10.3 Å². The van der Waals surface area contributed by atoms with Crippen molar-refractivity contribution in [1.82, 2.24) is 9.55 Å². The predicted molar refractivity (Wildman–Crippen MR) is 143 cm³/mol. The molecular formula is C25H29N3O8S2. The van der Waals surface area contributed by atoms with E-state index >= 15 is 0 Å². The quantitative estimate of drug-likeness (QED) is 0.287. The molecule has 0 atom stereocenters. The number of esters is 3. The topological polar surface area (TPSA) is 143 Å². The second-order valence-electron chi connectivity index (χ2n) is 8.66. The van der Waals surface area contributed by atoms with Crippen LogP contribution in [-0.2, 0) is 25.5 Å². The molecule has 0 aromatic carbocycles. The van der Waals surface area contributed by atoms with Crippen LogP contribution in [0.4, 0.5) is 5.00 Å². The third kappa shape index (κ3) is 6.10. The summed E-state index contributed by atoms with van der Waals surface area (Å²) in [5.41, 5.74) is 0.311. The first-order valence-corrected chi connectivity index (χ1v) is 13.6. The van der Waals surface area contributed by atoms with Crippen molar-refractivity contribution in [2.24, 2.45) is 5.92 Å². The van der Waals surface area contributed by atoms with Crippen molar-refractivity contribution in [2.45, 2.75) is 48.1 Å². The van der Waals surface area contributed by atoms with Crippen molar-refractivity contribution >= 4 is 61.7 Å². The van der Waals surface area contributed by atoms with Crippen molar-refractivity contribution in [3.8, 4) is 0 Å². The normalized spacial score (nSPS) is 11.0. The zero-order valence-electron chi connectivity index (χ0n) is 22.0. The van der Waals surface area contributed by atoms with Gasteiger partial charge in [0.05, 0.1) is 37.1 Å². The molecule has 3 aromatic rings. The summed E-state index contributed by atoms with van der Waals surface area (Å²) in [5.74, 6) is -2.31. The van der Waals surface area contributed by atoms with Crippen LogP contribution in [0.2, 0.25) is 0 Å². The van der Waals surface area contributed by atoms with Gasteiger partial charge in [0, 0.05) is 0 Å². The maximum atomic E-state index is 13.2. The first-order valence-electron chi connectivity index (χ1n) is 11.9. The lowest BCUT2D eigenvalue weighted by atomic mass is 10.1. The molecule has 0 bridgehead atoms. The van der Waals surface area contributed by atoms with Gasteiger partial charge in [-0.2, -0.15) is 0 Å². The molecule has 38 heavy (non-hydrogen) atoms. The van der Waals surface area contributed by atoms with Gasteiger partial charge in [-0.15, -0.1) is 22.7 Å². The second-order valence-corrected chi connectivity index (χ2v) is 10.7. The van der Waals surface area contributed by atoms with E-state index in [0.717, 1.165) is 27.2 Å². The van der Waals surface area contributed by atoms with Gasteiger partial charge in [0.15, 0.2) is 0 Å². The van der Waals surface area contributed by atoms with Gasteiger partial charge in [-0.25, -0.2) is 19.4 Å². The van der Waals surface area contributed by atoms with E-state index in [4.69, 9.17) is 14.2 Å². The monoisotopic (exact) mass is 563 g/mol. The van der Waals surface area contributed by atoms with Gasteiger partial charge in [0.2, 0.25) is 5.91 Å². The van der Waals surface area contributed by atoms with Gasteiger partial charge in [-0.3, -0.25) is 14.2 Å². The smallest absolute Gasteiger partial charge is 0.348 e. The average Bonchev–Trinajstić information content (AvgIpc) is 3.36. The Bertz CT molecular complexity index is 1450. The number of rotatable bonds is 10. The third-order valence-corrected chi connectivity index (χ3v) is 7.67. The van der Waals surface area contributed by atoms with Crippen molar-refractivity contribution in [1.29, 1.82) is 0 Å². The standard InChI is InChI=1S/C25H29N3O8S2/c1-7-34-23(31)17-14(6)19(24(32)35-8-2)38-21(17)27-15(29)9-28-11-26-20-16(22(28)30)13(5)18(37-20)25(33)36-10-12(3)4/h11-12H,7-10H2,1-6H3,(H,27,29). The number of carbonyl (C=O) groups is 4. The number of hydrogen-bond acceptors (Lipinski definition) is 11. The summed E-state index contributed by atoms with van der Waals surface area (Å²) in [6.45, 7) is 10.4. The molecule has 204 valence electrons. The molecule has 0 fully saturated rings. The lowest BCUT2D eigenvalue weighted by Crippen LogP contribution is -2.28. The minimum Gasteiger partial charge on any atom is -0.462 e. The summed E-state index contributed by atoms with van der Waals surface area (Å²) >= 11 is 1.95. The van der Waals surface area contributed by atoms with E-state index in [0.29, 0.717) is 16.0 Å². The van der Waals surface area contributed by atoms with Crippen molar-refractivity contribution < 1.29 is 33.4 Å². The Morgan fingerprint density at radius 1 is 0.947 bits per heavy atom. The van der Waals surface area contributed by atoms with E-state index in [1.54, 1.807) is 27.7 Å². The minimum atomic E-state index is -0.696. The molecule has 0 spiro atoms. The Morgan fingerprint density at radius 2 is 1.55 bits per heavy atom. The lowest BCUT2D eigenvalue weighted by Gasteiger charge is -2.08. The molecule has 0 aliphatic carbocycles. The summed E-state index contributed by atoms with van der Waals surface area (Å²) < 4.78 is 16.6. The molecule has 0 saturated heterocycles. The Morgan fingerprint density at radius 3 is 2.18 bits per heavy atom. The molecule has 11 nitrogen and oxygen atoms in total. The predicted octanol–water partition coefficient (Wildman–Crippen LogP) is 3.94. The largest absolute Gasteiger partial charge is 0.462 e. The van der Waals surface area contributed by atoms with E-state index in [-0.39, 0.29) is 51.4 Å². The van der Waals surface area contributed by atoms with Gasteiger partial charge in [-0.1, -0.05) is 13.8 Å². The first kappa shape index (κ1) is 29.0. The number of amides is 1. The molecule has 0 aliphatic heterocycles. The Hall–Kier alpha value is -3.58. The van der Waals surface area contributed by atoms with Gasteiger partial charge in [0.25, 0.3) is 5.56 Å².